The molecular formula is C27H17BrIN3O4S. The molecule has 1 N–H and O–H groups in total. The minimum atomic E-state index is -0.630. The molecule has 37 heavy (non-hydrogen) atoms. The number of nitrogens with zero attached hydrogens (tertiary/aromatic N) is 3. The predicted octanol–water partition coefficient (Wildman–Crippen LogP) is 5.30. The first-order valence-electron chi connectivity index (χ1n) is 11.4. The van der Waals surface area contributed by atoms with Crippen molar-refractivity contribution in [2.45, 2.75) is 18.9 Å². The van der Waals surface area contributed by atoms with Gasteiger partial charge in [0.05, 0.1) is 24.8 Å². The number of fused-ring (bicyclic) bond motifs is 3. The molecule has 0 saturated carbocycles. The summed E-state index contributed by atoms with van der Waals surface area (Å²) in [6, 6.07) is 18.8. The number of aromatic hydroxyl groups is 1. The zero-order chi connectivity index (χ0) is 25.8. The maximum atomic E-state index is 13.8. The second-order valence-corrected chi connectivity index (χ2v) is 11.9. The van der Waals surface area contributed by atoms with Crippen LogP contribution in [0.25, 0.3) is 11.8 Å². The third-order valence-corrected chi connectivity index (χ3v) is 8.95. The van der Waals surface area contributed by atoms with Gasteiger partial charge in [0.1, 0.15) is 0 Å². The second kappa shape index (κ2) is 9.34. The highest BCUT2D eigenvalue weighted by Crippen LogP contribution is 2.41. The van der Waals surface area contributed by atoms with Crippen molar-refractivity contribution in [3.63, 3.8) is 0 Å². The molecule has 6 rings (SSSR count). The molecule has 3 aromatic carbocycles. The standard InChI is InChI=1S/C27H17BrIN3O4S/c28-17-8-5-16(6-9-17)24-19-10-7-15-3-1-2-4-18(15)23(19)30-27-31(24)26(34)22(37-27)13-14-11-20(29)25(33)21(12-14)32(35)36/h1-6,8-9,11-13,24,33H,7,10H2/b22-13+/t24-/m0/s1. The van der Waals surface area contributed by atoms with Crippen LogP contribution < -0.4 is 14.9 Å². The van der Waals surface area contributed by atoms with Gasteiger partial charge < -0.3 is 5.11 Å². The minimum absolute atomic E-state index is 0.201. The lowest BCUT2D eigenvalue weighted by molar-refractivity contribution is -0.386. The normalized spacial score (nSPS) is 16.6. The summed E-state index contributed by atoms with van der Waals surface area (Å²) in [6.45, 7) is 0. The molecule has 2 heterocycles. The zero-order valence-electron chi connectivity index (χ0n) is 19.0. The SMILES string of the molecule is O=c1/c(=C\c2cc(I)c(O)c([N+](=O)[O-])c2)sc2n1[C@@H](c1ccc(Br)cc1)C1=C(N=2)c2ccccc2CC1. The van der Waals surface area contributed by atoms with Crippen molar-refractivity contribution in [1.29, 1.82) is 0 Å². The van der Waals surface area contributed by atoms with E-state index in [0.717, 1.165) is 39.7 Å². The molecule has 10 heteroatoms. The summed E-state index contributed by atoms with van der Waals surface area (Å²) < 4.78 is 3.46. The van der Waals surface area contributed by atoms with Crippen LogP contribution in [0.4, 0.5) is 5.69 Å². The summed E-state index contributed by atoms with van der Waals surface area (Å²) in [4.78, 5) is 30.2. The van der Waals surface area contributed by atoms with Gasteiger partial charge in [0.2, 0.25) is 5.75 Å². The van der Waals surface area contributed by atoms with Crippen LogP contribution in [-0.2, 0) is 6.42 Å². The molecule has 0 saturated heterocycles. The van der Waals surface area contributed by atoms with Crippen LogP contribution in [0.2, 0.25) is 0 Å². The number of hydrogen-bond acceptors (Lipinski definition) is 6. The highest BCUT2D eigenvalue weighted by atomic mass is 127. The molecule has 1 aromatic heterocycles. The van der Waals surface area contributed by atoms with Crippen LogP contribution in [0.3, 0.4) is 0 Å². The van der Waals surface area contributed by atoms with Gasteiger partial charge in [-0.25, -0.2) is 4.99 Å². The molecule has 0 unspecified atom stereocenters. The van der Waals surface area contributed by atoms with E-state index in [9.17, 15) is 20.0 Å². The Morgan fingerprint density at radius 1 is 1.16 bits per heavy atom. The number of aryl methyl sites for hydroxylation is 1. The molecule has 0 bridgehead atoms. The highest BCUT2D eigenvalue weighted by molar-refractivity contribution is 14.1. The lowest BCUT2D eigenvalue weighted by atomic mass is 9.83. The van der Waals surface area contributed by atoms with Crippen molar-refractivity contribution in [3.05, 3.63) is 126 Å². The first-order valence-corrected chi connectivity index (χ1v) is 14.1. The monoisotopic (exact) mass is 685 g/mol. The maximum absolute atomic E-state index is 13.8. The van der Waals surface area contributed by atoms with Crippen LogP contribution >= 0.6 is 49.9 Å². The van der Waals surface area contributed by atoms with Crippen molar-refractivity contribution < 1.29 is 10.0 Å². The number of allylic oxidation sites excluding steroid dienone is 1. The summed E-state index contributed by atoms with van der Waals surface area (Å²) >= 11 is 6.62. The molecule has 0 fully saturated rings. The van der Waals surface area contributed by atoms with E-state index in [4.69, 9.17) is 4.99 Å². The van der Waals surface area contributed by atoms with Gasteiger partial charge in [-0.05, 0) is 82.0 Å². The van der Waals surface area contributed by atoms with Crippen LogP contribution in [0.15, 0.2) is 80.5 Å². The molecular weight excluding hydrogens is 669 g/mol. The van der Waals surface area contributed by atoms with Crippen molar-refractivity contribution in [3.8, 4) is 5.75 Å². The second-order valence-electron chi connectivity index (χ2n) is 8.79. The van der Waals surface area contributed by atoms with Gasteiger partial charge >= 0.3 is 5.69 Å². The molecule has 0 radical (unpaired) electrons. The van der Waals surface area contributed by atoms with Gasteiger partial charge in [-0.15, -0.1) is 0 Å². The van der Waals surface area contributed by atoms with Crippen molar-refractivity contribution in [2.24, 2.45) is 4.99 Å². The van der Waals surface area contributed by atoms with Gasteiger partial charge in [0.25, 0.3) is 5.56 Å². The van der Waals surface area contributed by atoms with Gasteiger partial charge in [0.15, 0.2) is 4.80 Å². The molecule has 2 aliphatic rings. The Bertz CT molecular complexity index is 1830. The van der Waals surface area contributed by atoms with Crippen LogP contribution in [0, 0.1) is 13.7 Å². The lowest BCUT2D eigenvalue weighted by Crippen LogP contribution is -2.38. The molecule has 1 atom stereocenters. The third kappa shape index (κ3) is 4.16. The van der Waals surface area contributed by atoms with E-state index in [-0.39, 0.29) is 17.4 Å². The first kappa shape index (κ1) is 24.3. The number of thiazole rings is 1. The molecule has 4 aromatic rings. The maximum Gasteiger partial charge on any atom is 0.312 e. The van der Waals surface area contributed by atoms with Crippen molar-refractivity contribution >= 4 is 67.3 Å². The first-order chi connectivity index (χ1) is 17.8. The number of aromatic nitrogens is 1. The van der Waals surface area contributed by atoms with E-state index < -0.39 is 10.6 Å². The number of phenolic OH excluding ortho intramolecular Hbond substituents is 1. The summed E-state index contributed by atoms with van der Waals surface area (Å²) in [6.07, 6.45) is 3.30. The van der Waals surface area contributed by atoms with Crippen LogP contribution in [0.1, 0.15) is 34.7 Å². The average Bonchev–Trinajstić information content (AvgIpc) is 3.19. The zero-order valence-corrected chi connectivity index (χ0v) is 23.6. The summed E-state index contributed by atoms with van der Waals surface area (Å²) in [5, 5.41) is 21.5. The quantitative estimate of drug-likeness (QED) is 0.180. The molecule has 0 amide bonds. The number of hydrogen-bond donors (Lipinski definition) is 1. The Morgan fingerprint density at radius 3 is 2.68 bits per heavy atom. The Labute approximate surface area is 236 Å². The number of nitro benzene ring substituents is 1. The fourth-order valence-electron chi connectivity index (χ4n) is 4.95. The van der Waals surface area contributed by atoms with Crippen molar-refractivity contribution in [1.82, 2.24) is 4.57 Å². The molecule has 1 aliphatic carbocycles. The Morgan fingerprint density at radius 2 is 1.92 bits per heavy atom. The topological polar surface area (TPSA) is 97.7 Å². The van der Waals surface area contributed by atoms with E-state index in [1.54, 1.807) is 16.7 Å². The van der Waals surface area contributed by atoms with Gasteiger partial charge in [-0.3, -0.25) is 19.5 Å². The smallest absolute Gasteiger partial charge is 0.312 e. The highest BCUT2D eigenvalue weighted by Gasteiger charge is 2.32. The number of halogens is 2. The molecule has 0 spiro atoms. The Balaban J connectivity index is 1.61. The number of rotatable bonds is 3. The van der Waals surface area contributed by atoms with E-state index in [2.05, 4.69) is 28.1 Å². The van der Waals surface area contributed by atoms with E-state index in [1.165, 1.54) is 23.0 Å². The number of nitro groups is 1. The number of benzene rings is 3. The van der Waals surface area contributed by atoms with E-state index in [1.807, 2.05) is 59.0 Å². The van der Waals surface area contributed by atoms with E-state index in [0.29, 0.717) is 18.5 Å². The van der Waals surface area contributed by atoms with Gasteiger partial charge in [0, 0.05) is 16.1 Å². The van der Waals surface area contributed by atoms with Crippen LogP contribution in [-0.4, -0.2) is 14.6 Å². The fraction of sp³-hybridized carbons (Fsp3) is 0.111. The predicted molar refractivity (Wildman–Crippen MR) is 154 cm³/mol. The third-order valence-electron chi connectivity index (χ3n) is 6.62. The minimum Gasteiger partial charge on any atom is -0.501 e. The molecule has 7 nitrogen and oxygen atoms in total. The van der Waals surface area contributed by atoms with Gasteiger partial charge in [-0.1, -0.05) is 63.7 Å². The average molecular weight is 686 g/mol. The number of phenols is 1. The Hall–Kier alpha value is -3.09. The molecule has 184 valence electrons. The molecule has 1 aliphatic heterocycles. The van der Waals surface area contributed by atoms with Crippen molar-refractivity contribution in [2.75, 3.05) is 0 Å². The largest absolute Gasteiger partial charge is 0.501 e. The lowest BCUT2D eigenvalue weighted by Gasteiger charge is -2.30. The summed E-state index contributed by atoms with van der Waals surface area (Å²) in [5.41, 5.74) is 5.21. The fourth-order valence-corrected chi connectivity index (χ4v) is 6.85. The van der Waals surface area contributed by atoms with Crippen LogP contribution in [0.5, 0.6) is 5.75 Å². The van der Waals surface area contributed by atoms with Gasteiger partial charge in [-0.2, -0.15) is 0 Å². The Kier molecular flexibility index (Phi) is 6.12. The van der Waals surface area contributed by atoms with E-state index >= 15 is 0 Å². The summed E-state index contributed by atoms with van der Waals surface area (Å²) in [7, 11) is 0. The summed E-state index contributed by atoms with van der Waals surface area (Å²) in [5.74, 6) is -0.384.